The molecule has 0 spiro atoms. The van der Waals surface area contributed by atoms with Crippen LogP contribution in [0.1, 0.15) is 19.4 Å². The number of ether oxygens (including phenoxy) is 3. The van der Waals surface area contributed by atoms with Gasteiger partial charge in [0.15, 0.2) is 0 Å². The molecule has 128 valence electrons. The first kappa shape index (κ1) is 17.7. The van der Waals surface area contributed by atoms with Gasteiger partial charge in [-0.05, 0) is 32.0 Å². The van der Waals surface area contributed by atoms with Crippen molar-refractivity contribution in [2.45, 2.75) is 32.0 Å². The minimum absolute atomic E-state index is 0.0774. The number of nitrogens with zero attached hydrogens (tertiary/aromatic N) is 1. The third-order valence-corrected chi connectivity index (χ3v) is 3.77. The Balaban J connectivity index is 2.12. The SMILES string of the molecule is COC[C@@H]1CN(C(=O)Cc2cc(F)ccc2OC)CC(C)(C)O1. The van der Waals surface area contributed by atoms with Gasteiger partial charge in [0.2, 0.25) is 5.91 Å². The highest BCUT2D eigenvalue weighted by Gasteiger charge is 2.35. The van der Waals surface area contributed by atoms with E-state index in [0.29, 0.717) is 31.0 Å². The van der Waals surface area contributed by atoms with Gasteiger partial charge in [-0.3, -0.25) is 4.79 Å². The first-order valence-electron chi connectivity index (χ1n) is 7.61. The number of carbonyl (C=O) groups is 1. The lowest BCUT2D eigenvalue weighted by Crippen LogP contribution is -2.56. The van der Waals surface area contributed by atoms with E-state index in [1.54, 1.807) is 12.0 Å². The summed E-state index contributed by atoms with van der Waals surface area (Å²) in [5, 5.41) is 0. The molecule has 1 heterocycles. The zero-order valence-corrected chi connectivity index (χ0v) is 14.1. The molecule has 23 heavy (non-hydrogen) atoms. The lowest BCUT2D eigenvalue weighted by atomic mass is 10.0. The van der Waals surface area contributed by atoms with E-state index in [9.17, 15) is 9.18 Å². The molecule has 0 aliphatic carbocycles. The summed E-state index contributed by atoms with van der Waals surface area (Å²) in [4.78, 5) is 14.4. The molecule has 0 aromatic heterocycles. The van der Waals surface area contributed by atoms with Gasteiger partial charge in [0.05, 0.1) is 31.8 Å². The third-order valence-electron chi connectivity index (χ3n) is 3.77. The van der Waals surface area contributed by atoms with Gasteiger partial charge in [0.25, 0.3) is 0 Å². The maximum absolute atomic E-state index is 13.4. The van der Waals surface area contributed by atoms with Crippen LogP contribution in [0.5, 0.6) is 5.75 Å². The Morgan fingerprint density at radius 3 is 2.83 bits per heavy atom. The quantitative estimate of drug-likeness (QED) is 0.831. The van der Waals surface area contributed by atoms with Gasteiger partial charge in [0, 0.05) is 25.8 Å². The highest BCUT2D eigenvalue weighted by Crippen LogP contribution is 2.24. The Morgan fingerprint density at radius 1 is 1.43 bits per heavy atom. The number of methoxy groups -OCH3 is 2. The maximum atomic E-state index is 13.4. The lowest BCUT2D eigenvalue weighted by Gasteiger charge is -2.42. The zero-order valence-electron chi connectivity index (χ0n) is 14.1. The van der Waals surface area contributed by atoms with E-state index in [1.807, 2.05) is 13.8 Å². The Morgan fingerprint density at radius 2 is 2.17 bits per heavy atom. The van der Waals surface area contributed by atoms with Gasteiger partial charge in [-0.25, -0.2) is 4.39 Å². The van der Waals surface area contributed by atoms with Crippen molar-refractivity contribution in [2.75, 3.05) is 33.9 Å². The number of morpholine rings is 1. The van der Waals surface area contributed by atoms with Gasteiger partial charge in [-0.15, -0.1) is 0 Å². The predicted octanol–water partition coefficient (Wildman–Crippen LogP) is 2.03. The van der Waals surface area contributed by atoms with Crippen molar-refractivity contribution >= 4 is 5.91 Å². The van der Waals surface area contributed by atoms with E-state index in [-0.39, 0.29) is 24.2 Å². The van der Waals surface area contributed by atoms with Crippen LogP contribution in [0.2, 0.25) is 0 Å². The molecule has 1 saturated heterocycles. The van der Waals surface area contributed by atoms with Crippen LogP contribution in [0.4, 0.5) is 4.39 Å². The molecule has 0 N–H and O–H groups in total. The van der Waals surface area contributed by atoms with Gasteiger partial charge >= 0.3 is 0 Å². The monoisotopic (exact) mass is 325 g/mol. The average Bonchev–Trinajstić information content (AvgIpc) is 2.46. The van der Waals surface area contributed by atoms with Crippen LogP contribution in [0, 0.1) is 5.82 Å². The van der Waals surface area contributed by atoms with E-state index in [4.69, 9.17) is 14.2 Å². The van der Waals surface area contributed by atoms with Crippen molar-refractivity contribution < 1.29 is 23.4 Å². The minimum atomic E-state index is -0.441. The summed E-state index contributed by atoms with van der Waals surface area (Å²) in [5.41, 5.74) is 0.105. The highest BCUT2D eigenvalue weighted by molar-refractivity contribution is 5.79. The van der Waals surface area contributed by atoms with E-state index >= 15 is 0 Å². The summed E-state index contributed by atoms with van der Waals surface area (Å²) < 4.78 is 29.7. The molecule has 0 bridgehead atoms. The second-order valence-corrected chi connectivity index (χ2v) is 6.36. The van der Waals surface area contributed by atoms with Crippen LogP contribution >= 0.6 is 0 Å². The largest absolute Gasteiger partial charge is 0.496 e. The van der Waals surface area contributed by atoms with Gasteiger partial charge in [-0.2, -0.15) is 0 Å². The molecule has 0 radical (unpaired) electrons. The number of halogens is 1. The topological polar surface area (TPSA) is 48.0 Å². The second-order valence-electron chi connectivity index (χ2n) is 6.36. The molecule has 6 heteroatoms. The van der Waals surface area contributed by atoms with Crippen LogP contribution in [-0.4, -0.2) is 56.4 Å². The predicted molar refractivity (Wildman–Crippen MR) is 84.1 cm³/mol. The first-order valence-corrected chi connectivity index (χ1v) is 7.61. The van der Waals surface area contributed by atoms with Crippen LogP contribution in [0.15, 0.2) is 18.2 Å². The highest BCUT2D eigenvalue weighted by atomic mass is 19.1. The smallest absolute Gasteiger partial charge is 0.227 e. The summed E-state index contributed by atoms with van der Waals surface area (Å²) in [5.74, 6) is 0.0558. The first-order chi connectivity index (χ1) is 10.8. The van der Waals surface area contributed by atoms with Crippen LogP contribution < -0.4 is 4.74 Å². The molecule has 1 fully saturated rings. The minimum Gasteiger partial charge on any atom is -0.496 e. The molecule has 2 rings (SSSR count). The molecule has 1 amide bonds. The summed E-state index contributed by atoms with van der Waals surface area (Å²) in [7, 11) is 3.11. The standard InChI is InChI=1S/C17H24FNO4/c1-17(2)11-19(9-14(23-17)10-21-3)16(20)8-12-7-13(18)5-6-15(12)22-4/h5-7,14H,8-11H2,1-4H3/t14-/m0/s1. The fourth-order valence-electron chi connectivity index (χ4n) is 2.92. The van der Waals surface area contributed by atoms with Crippen LogP contribution in [0.25, 0.3) is 0 Å². The number of benzene rings is 1. The van der Waals surface area contributed by atoms with E-state index < -0.39 is 5.60 Å². The van der Waals surface area contributed by atoms with E-state index in [0.717, 1.165) is 0 Å². The summed E-state index contributed by atoms with van der Waals surface area (Å²) >= 11 is 0. The Kier molecular flexibility index (Phi) is 5.59. The molecular weight excluding hydrogens is 301 g/mol. The van der Waals surface area contributed by atoms with Crippen LogP contribution in [0.3, 0.4) is 0 Å². The molecular formula is C17H24FNO4. The van der Waals surface area contributed by atoms with Crippen molar-refractivity contribution in [1.29, 1.82) is 0 Å². The Bertz CT molecular complexity index is 562. The number of hydrogen-bond acceptors (Lipinski definition) is 4. The van der Waals surface area contributed by atoms with E-state index in [2.05, 4.69) is 0 Å². The Labute approximate surface area is 136 Å². The fourth-order valence-corrected chi connectivity index (χ4v) is 2.92. The molecule has 5 nitrogen and oxygen atoms in total. The molecule has 1 atom stereocenters. The molecule has 1 aromatic rings. The van der Waals surface area contributed by atoms with Gasteiger partial charge < -0.3 is 19.1 Å². The van der Waals surface area contributed by atoms with Crippen molar-refractivity contribution in [3.05, 3.63) is 29.6 Å². The van der Waals surface area contributed by atoms with Crippen LogP contribution in [-0.2, 0) is 20.7 Å². The number of rotatable bonds is 5. The van der Waals surface area contributed by atoms with Gasteiger partial charge in [0.1, 0.15) is 11.6 Å². The number of carbonyl (C=O) groups excluding carboxylic acids is 1. The van der Waals surface area contributed by atoms with Crippen molar-refractivity contribution in [2.24, 2.45) is 0 Å². The molecule has 1 aliphatic rings. The molecule has 0 saturated carbocycles. The zero-order chi connectivity index (χ0) is 17.0. The third kappa shape index (κ3) is 4.65. The second kappa shape index (κ2) is 7.27. The normalized spacial score (nSPS) is 20.4. The summed E-state index contributed by atoms with van der Waals surface area (Å²) in [6, 6.07) is 4.20. The number of hydrogen-bond donors (Lipinski definition) is 0. The average molecular weight is 325 g/mol. The molecule has 1 aromatic carbocycles. The summed E-state index contributed by atoms with van der Waals surface area (Å²) in [6.45, 7) is 5.27. The summed E-state index contributed by atoms with van der Waals surface area (Å²) in [6.07, 6.45) is -0.0708. The maximum Gasteiger partial charge on any atom is 0.227 e. The molecule has 0 unspecified atom stereocenters. The molecule has 1 aliphatic heterocycles. The number of amides is 1. The van der Waals surface area contributed by atoms with Gasteiger partial charge in [-0.1, -0.05) is 0 Å². The Hall–Kier alpha value is -1.66. The van der Waals surface area contributed by atoms with Crippen molar-refractivity contribution in [3.8, 4) is 5.75 Å². The van der Waals surface area contributed by atoms with Crippen molar-refractivity contribution in [1.82, 2.24) is 4.90 Å². The lowest BCUT2D eigenvalue weighted by molar-refractivity contribution is -0.168. The van der Waals surface area contributed by atoms with Crippen molar-refractivity contribution in [3.63, 3.8) is 0 Å². The van der Waals surface area contributed by atoms with E-state index in [1.165, 1.54) is 25.3 Å². The fraction of sp³-hybridized carbons (Fsp3) is 0.588.